The minimum atomic E-state index is -0.989. The number of carbonyl (C=O) groups is 2. The molecule has 1 atom stereocenters. The highest BCUT2D eigenvalue weighted by atomic mass is 16.4. The number of hydrogen-bond acceptors (Lipinski definition) is 5. The van der Waals surface area contributed by atoms with Gasteiger partial charge in [0.15, 0.2) is 5.78 Å². The lowest BCUT2D eigenvalue weighted by molar-refractivity contribution is -0.136. The molecule has 3 aromatic carbocycles. The van der Waals surface area contributed by atoms with Gasteiger partial charge < -0.3 is 10.3 Å². The zero-order valence-electron chi connectivity index (χ0n) is 21.5. The van der Waals surface area contributed by atoms with Crippen LogP contribution in [0.25, 0.3) is 11.1 Å². The number of carbonyl (C=O) groups excluding carboxylic acids is 1. The number of Topliss-reactive ketones (excluding diaryl/α,β-unsaturated/α-hetero) is 1. The van der Waals surface area contributed by atoms with Crippen molar-refractivity contribution in [2.75, 3.05) is 0 Å². The first-order valence-corrected chi connectivity index (χ1v) is 12.5. The minimum Gasteiger partial charge on any atom is -0.481 e. The summed E-state index contributed by atoms with van der Waals surface area (Å²) in [6.07, 6.45) is 1.96. The van der Waals surface area contributed by atoms with Crippen LogP contribution in [0.15, 0.2) is 96.3 Å². The second kappa shape index (κ2) is 12.1. The maximum atomic E-state index is 12.5. The van der Waals surface area contributed by atoms with E-state index in [1.54, 1.807) is 12.3 Å². The molecular weight excluding hydrogens is 476 g/mol. The van der Waals surface area contributed by atoms with E-state index in [0.717, 1.165) is 39.1 Å². The summed E-state index contributed by atoms with van der Waals surface area (Å²) in [6, 6.07) is 27.4. The van der Waals surface area contributed by atoms with Gasteiger partial charge >= 0.3 is 5.97 Å². The quantitative estimate of drug-likeness (QED) is 0.106. The summed E-state index contributed by atoms with van der Waals surface area (Å²) < 4.78 is 0. The molecule has 1 heterocycles. The Hall–Kier alpha value is -4.58. The second-order valence-corrected chi connectivity index (χ2v) is 9.37. The van der Waals surface area contributed by atoms with Crippen LogP contribution in [0.1, 0.15) is 63.5 Å². The van der Waals surface area contributed by atoms with Crippen molar-refractivity contribution in [3.8, 4) is 11.1 Å². The molecule has 0 saturated heterocycles. The Kier molecular flexibility index (Phi) is 8.44. The van der Waals surface area contributed by atoms with Gasteiger partial charge in [-0.25, -0.2) is 0 Å². The predicted octanol–water partition coefficient (Wildman–Crippen LogP) is 6.81. The van der Waals surface area contributed by atoms with Gasteiger partial charge in [-0.2, -0.15) is 0 Å². The van der Waals surface area contributed by atoms with Crippen molar-refractivity contribution in [1.82, 2.24) is 4.98 Å². The first-order valence-electron chi connectivity index (χ1n) is 12.5. The van der Waals surface area contributed by atoms with Crippen LogP contribution in [-0.2, 0) is 4.79 Å². The minimum absolute atomic E-state index is 0.0358. The molecule has 1 unspecified atom stereocenters. The third-order valence-corrected chi connectivity index (χ3v) is 6.68. The maximum absolute atomic E-state index is 12.5. The summed E-state index contributed by atoms with van der Waals surface area (Å²) in [5.74, 6) is -1.27. The fourth-order valence-electron chi connectivity index (χ4n) is 4.69. The summed E-state index contributed by atoms with van der Waals surface area (Å²) in [6.45, 7) is 3.98. The summed E-state index contributed by atoms with van der Waals surface area (Å²) in [5, 5.41) is 22.6. The number of aromatic nitrogens is 1. The van der Waals surface area contributed by atoms with E-state index >= 15 is 0 Å². The van der Waals surface area contributed by atoms with E-state index in [2.05, 4.69) is 41.3 Å². The van der Waals surface area contributed by atoms with Crippen molar-refractivity contribution in [2.24, 2.45) is 5.16 Å². The number of carboxylic acids is 1. The van der Waals surface area contributed by atoms with Crippen LogP contribution in [0.5, 0.6) is 0 Å². The molecule has 0 aliphatic heterocycles. The Morgan fingerprint density at radius 2 is 1.58 bits per heavy atom. The van der Waals surface area contributed by atoms with Crippen LogP contribution >= 0.6 is 0 Å². The SMILES string of the molecule is Cc1cc(/C(CC(c2cccc(-c3cccc(C(=O)CCC(=O)O)c3)c2)c2ccccc2C)=N/O)ccn1. The van der Waals surface area contributed by atoms with Crippen molar-refractivity contribution < 1.29 is 19.9 Å². The summed E-state index contributed by atoms with van der Waals surface area (Å²) in [4.78, 5) is 27.7. The number of hydrogen-bond donors (Lipinski definition) is 2. The van der Waals surface area contributed by atoms with Gasteiger partial charge in [0.25, 0.3) is 0 Å². The topological polar surface area (TPSA) is 99.9 Å². The van der Waals surface area contributed by atoms with E-state index in [0.29, 0.717) is 17.7 Å². The fraction of sp³-hybridized carbons (Fsp3) is 0.188. The third-order valence-electron chi connectivity index (χ3n) is 6.68. The Morgan fingerprint density at radius 3 is 2.29 bits per heavy atom. The van der Waals surface area contributed by atoms with Gasteiger partial charge in [-0.15, -0.1) is 0 Å². The van der Waals surface area contributed by atoms with Crippen molar-refractivity contribution >= 4 is 17.5 Å². The van der Waals surface area contributed by atoms with Crippen molar-refractivity contribution in [3.63, 3.8) is 0 Å². The molecule has 0 amide bonds. The predicted molar refractivity (Wildman–Crippen MR) is 148 cm³/mol. The molecule has 2 N–H and O–H groups in total. The standard InChI is InChI=1S/C32H30N2O4/c1-21-7-3-4-12-28(21)29(20-30(34-38)26-15-16-33-22(2)17-26)25-10-5-8-23(18-25)24-9-6-11-27(19-24)31(35)13-14-32(36)37/h3-12,15-19,29,38H,13-14,20H2,1-2H3,(H,36,37)/b34-30+. The molecule has 4 aromatic rings. The number of carboxylic acid groups (broad SMARTS) is 1. The van der Waals surface area contributed by atoms with Crippen LogP contribution in [-0.4, -0.2) is 32.8 Å². The van der Waals surface area contributed by atoms with Crippen molar-refractivity contribution in [1.29, 1.82) is 0 Å². The lowest BCUT2D eigenvalue weighted by atomic mass is 9.82. The maximum Gasteiger partial charge on any atom is 0.303 e. The molecule has 6 heteroatoms. The van der Waals surface area contributed by atoms with E-state index in [4.69, 9.17) is 5.11 Å². The van der Waals surface area contributed by atoms with Crippen LogP contribution in [0.4, 0.5) is 0 Å². The number of benzene rings is 3. The van der Waals surface area contributed by atoms with Crippen LogP contribution in [0.3, 0.4) is 0 Å². The molecule has 0 spiro atoms. The van der Waals surface area contributed by atoms with Crippen LogP contribution < -0.4 is 0 Å². The molecule has 6 nitrogen and oxygen atoms in total. The Balaban J connectivity index is 1.72. The largest absolute Gasteiger partial charge is 0.481 e. The van der Waals surface area contributed by atoms with E-state index in [9.17, 15) is 14.8 Å². The highest BCUT2D eigenvalue weighted by Gasteiger charge is 2.21. The van der Waals surface area contributed by atoms with Crippen LogP contribution in [0.2, 0.25) is 0 Å². The molecule has 0 fully saturated rings. The molecule has 0 saturated carbocycles. The number of pyridine rings is 1. The second-order valence-electron chi connectivity index (χ2n) is 9.37. The normalized spacial score (nSPS) is 12.2. The molecular formula is C32H30N2O4. The van der Waals surface area contributed by atoms with Gasteiger partial charge in [0.05, 0.1) is 12.1 Å². The molecule has 4 rings (SSSR count). The van der Waals surface area contributed by atoms with E-state index in [1.165, 1.54) is 0 Å². The van der Waals surface area contributed by atoms with Gasteiger partial charge in [-0.1, -0.05) is 71.9 Å². The third kappa shape index (κ3) is 6.40. The molecule has 1 aromatic heterocycles. The summed E-state index contributed by atoms with van der Waals surface area (Å²) in [5.41, 5.74) is 7.86. The van der Waals surface area contributed by atoms with Gasteiger partial charge in [-0.3, -0.25) is 14.6 Å². The van der Waals surface area contributed by atoms with Crippen molar-refractivity contribution in [2.45, 2.75) is 39.0 Å². The first-order chi connectivity index (χ1) is 18.4. The van der Waals surface area contributed by atoms with Crippen molar-refractivity contribution in [3.05, 3.63) is 125 Å². The van der Waals surface area contributed by atoms with E-state index < -0.39 is 5.97 Å². The number of aryl methyl sites for hydroxylation is 2. The zero-order valence-corrected chi connectivity index (χ0v) is 21.5. The molecule has 0 bridgehead atoms. The lowest BCUT2D eigenvalue weighted by Gasteiger charge is -2.22. The Bertz CT molecular complexity index is 1490. The highest BCUT2D eigenvalue weighted by Crippen LogP contribution is 2.34. The van der Waals surface area contributed by atoms with Crippen LogP contribution in [0, 0.1) is 13.8 Å². The van der Waals surface area contributed by atoms with E-state index in [1.807, 2.05) is 61.5 Å². The average molecular weight is 507 g/mol. The first kappa shape index (κ1) is 26.5. The number of aliphatic carboxylic acids is 1. The number of rotatable bonds is 10. The van der Waals surface area contributed by atoms with Gasteiger partial charge in [0, 0.05) is 41.8 Å². The molecule has 192 valence electrons. The Labute approximate surface area is 222 Å². The summed E-state index contributed by atoms with van der Waals surface area (Å²) >= 11 is 0. The van der Waals surface area contributed by atoms with Gasteiger partial charge in [0.2, 0.25) is 0 Å². The number of nitrogens with zero attached hydrogens (tertiary/aromatic N) is 2. The summed E-state index contributed by atoms with van der Waals surface area (Å²) in [7, 11) is 0. The highest BCUT2D eigenvalue weighted by molar-refractivity contribution is 6.01. The smallest absolute Gasteiger partial charge is 0.303 e. The molecule has 0 aliphatic carbocycles. The molecule has 0 aliphatic rings. The fourth-order valence-corrected chi connectivity index (χ4v) is 4.69. The molecule has 38 heavy (non-hydrogen) atoms. The van der Waals surface area contributed by atoms with E-state index in [-0.39, 0.29) is 24.5 Å². The number of ketones is 1. The Morgan fingerprint density at radius 1 is 0.842 bits per heavy atom. The zero-order chi connectivity index (χ0) is 27.1. The number of oxime groups is 1. The average Bonchev–Trinajstić information content (AvgIpc) is 2.93. The molecule has 0 radical (unpaired) electrons. The van der Waals surface area contributed by atoms with Gasteiger partial charge in [0.1, 0.15) is 0 Å². The van der Waals surface area contributed by atoms with Gasteiger partial charge in [-0.05, 0) is 59.9 Å². The lowest BCUT2D eigenvalue weighted by Crippen LogP contribution is -2.12. The monoisotopic (exact) mass is 506 g/mol.